The number of piperazine rings is 1. The van der Waals surface area contributed by atoms with Crippen LogP contribution in [0.15, 0.2) is 41.4 Å². The summed E-state index contributed by atoms with van der Waals surface area (Å²) in [7, 11) is -0.939. The van der Waals surface area contributed by atoms with Gasteiger partial charge in [-0.2, -0.15) is 9.40 Å². The molecule has 2 aromatic carbocycles. The van der Waals surface area contributed by atoms with Crippen LogP contribution in [-0.2, 0) is 29.2 Å². The number of aromatic amines is 1. The number of nitrogens with one attached hydrogen (secondary N) is 2. The molecule has 6 rings (SSSR count). The number of imidazole rings is 1. The van der Waals surface area contributed by atoms with Crippen LogP contribution < -0.4 is 16.0 Å². The molecule has 2 aliphatic heterocycles. The van der Waals surface area contributed by atoms with Gasteiger partial charge in [0.1, 0.15) is 23.2 Å². The number of likely N-dealkylation sites (N-methyl/N-ethyl adjacent to an activating group) is 1. The van der Waals surface area contributed by atoms with Crippen molar-refractivity contribution in [2.45, 2.75) is 30.8 Å². The number of carbonyl (C=O) groups excluding carboxylic acids is 2. The number of aromatic nitrogens is 4. The van der Waals surface area contributed by atoms with Crippen molar-refractivity contribution in [1.82, 2.24) is 29.0 Å². The molecule has 5 N–H and O–H groups in total. The van der Waals surface area contributed by atoms with Crippen molar-refractivity contribution in [2.24, 2.45) is 12.8 Å². The zero-order valence-corrected chi connectivity index (χ0v) is 27.7. The first-order valence-electron chi connectivity index (χ1n) is 15.1. The largest absolute Gasteiger partial charge is 0.477 e. The molecule has 1 fully saturated rings. The Hall–Kier alpha value is -5.20. The summed E-state index contributed by atoms with van der Waals surface area (Å²) in [6.45, 7) is 5.38. The van der Waals surface area contributed by atoms with Gasteiger partial charge in [0, 0.05) is 62.7 Å². The van der Waals surface area contributed by atoms with Gasteiger partial charge in [-0.15, -0.1) is 0 Å². The number of benzene rings is 2. The van der Waals surface area contributed by atoms with E-state index in [-0.39, 0.29) is 35.0 Å². The number of sulfonamides is 1. The van der Waals surface area contributed by atoms with Crippen LogP contribution in [0.1, 0.15) is 56.3 Å². The Morgan fingerprint density at radius 1 is 1.00 bits per heavy atom. The van der Waals surface area contributed by atoms with E-state index in [1.807, 2.05) is 11.9 Å². The summed E-state index contributed by atoms with van der Waals surface area (Å²) in [6, 6.07) is 4.91. The van der Waals surface area contributed by atoms with E-state index < -0.39 is 49.9 Å². The Labute approximate surface area is 279 Å². The predicted molar refractivity (Wildman–Crippen MR) is 172 cm³/mol. The van der Waals surface area contributed by atoms with E-state index >= 15 is 0 Å². The van der Waals surface area contributed by atoms with Gasteiger partial charge in [-0.3, -0.25) is 14.7 Å². The number of H-pyrrole nitrogens is 1. The number of carbonyl (C=O) groups is 3. The second-order valence-electron chi connectivity index (χ2n) is 12.5. The average molecular weight is 698 g/mol. The lowest BCUT2D eigenvalue weighted by atomic mass is 9.98. The third-order valence-corrected chi connectivity index (χ3v) is 11.0. The molecule has 0 saturated carbocycles. The van der Waals surface area contributed by atoms with Crippen molar-refractivity contribution in [3.8, 4) is 11.4 Å². The molecule has 0 aliphatic carbocycles. The molecule has 258 valence electrons. The van der Waals surface area contributed by atoms with Crippen molar-refractivity contribution >= 4 is 39.3 Å². The standard InChI is InChI=1S/C31H33F2N9O6S/c1-31(2)25-22(15-42(31)49(47,48)18-10-16(32)9-17(33)11-18)27(38-37-25)36-29(44)20-12-21(28-35-14-24(30(45)46)40(28)4)23(13-19(20)26(34)43)41-7-5-39(3)6-8-41/h9-14H,5-8,15H2,1-4H3,(H2,34,43)(H,45,46)(H2,36,37,38,44). The fourth-order valence-electron chi connectivity index (χ4n) is 6.29. The first-order valence-corrected chi connectivity index (χ1v) is 16.5. The highest BCUT2D eigenvalue weighted by Gasteiger charge is 2.48. The Morgan fingerprint density at radius 2 is 1.65 bits per heavy atom. The SMILES string of the molecule is CN1CCN(c2cc(C(N)=O)c(C(=O)Nc3n[nH]c4c3CN(S(=O)(=O)c3cc(F)cc(F)c3)C4(C)C)cc2-c2ncc(C(=O)O)n2C)CC1. The zero-order chi connectivity index (χ0) is 35.6. The van der Waals surface area contributed by atoms with Crippen molar-refractivity contribution in [3.05, 3.63) is 76.2 Å². The Bertz CT molecular complexity index is 2120. The minimum Gasteiger partial charge on any atom is -0.477 e. The van der Waals surface area contributed by atoms with E-state index in [2.05, 4.69) is 25.4 Å². The molecule has 15 nitrogen and oxygen atoms in total. The number of carboxylic acid groups (broad SMARTS) is 1. The summed E-state index contributed by atoms with van der Waals surface area (Å²) >= 11 is 0. The van der Waals surface area contributed by atoms with Gasteiger partial charge in [-0.05, 0) is 45.2 Å². The highest BCUT2D eigenvalue weighted by molar-refractivity contribution is 7.89. The predicted octanol–water partition coefficient (Wildman–Crippen LogP) is 2.33. The number of amides is 2. The molecule has 0 bridgehead atoms. The number of anilines is 2. The zero-order valence-electron chi connectivity index (χ0n) is 26.9. The van der Waals surface area contributed by atoms with Crippen LogP contribution in [-0.4, -0.2) is 93.5 Å². The Kier molecular flexibility index (Phi) is 8.28. The fourth-order valence-corrected chi connectivity index (χ4v) is 8.05. The molecule has 1 saturated heterocycles. The Morgan fingerprint density at radius 3 is 2.24 bits per heavy atom. The van der Waals surface area contributed by atoms with E-state index in [4.69, 9.17) is 5.73 Å². The molecule has 18 heteroatoms. The third kappa shape index (κ3) is 5.80. The maximum absolute atomic E-state index is 14.0. The van der Waals surface area contributed by atoms with Crippen LogP contribution in [0.2, 0.25) is 0 Å². The van der Waals surface area contributed by atoms with Crippen molar-refractivity contribution < 1.29 is 36.7 Å². The normalized spacial score (nSPS) is 16.5. The number of hydrogen-bond donors (Lipinski definition) is 4. The molecule has 0 atom stereocenters. The van der Waals surface area contributed by atoms with E-state index in [9.17, 15) is 36.7 Å². The van der Waals surface area contributed by atoms with E-state index in [1.54, 1.807) is 13.8 Å². The van der Waals surface area contributed by atoms with Crippen LogP contribution >= 0.6 is 0 Å². The molecular formula is C31H33F2N9O6S. The summed E-state index contributed by atoms with van der Waals surface area (Å²) in [4.78, 5) is 46.5. The number of carboxylic acids is 1. The molecule has 2 aromatic heterocycles. The molecule has 49 heavy (non-hydrogen) atoms. The minimum absolute atomic E-state index is 0.0403. The van der Waals surface area contributed by atoms with Gasteiger partial charge in [0.2, 0.25) is 15.9 Å². The number of halogens is 2. The molecule has 2 amide bonds. The van der Waals surface area contributed by atoms with Gasteiger partial charge in [0.15, 0.2) is 5.82 Å². The summed E-state index contributed by atoms with van der Waals surface area (Å²) in [5, 5.41) is 19.3. The third-order valence-electron chi connectivity index (χ3n) is 9.00. The highest BCUT2D eigenvalue weighted by atomic mass is 32.2. The smallest absolute Gasteiger partial charge is 0.354 e. The van der Waals surface area contributed by atoms with Crippen LogP contribution in [0.25, 0.3) is 11.4 Å². The second-order valence-corrected chi connectivity index (χ2v) is 14.3. The van der Waals surface area contributed by atoms with Gasteiger partial charge in [-0.25, -0.2) is 27.0 Å². The molecule has 0 radical (unpaired) electrons. The van der Waals surface area contributed by atoms with Crippen molar-refractivity contribution in [2.75, 3.05) is 43.4 Å². The van der Waals surface area contributed by atoms with Gasteiger partial charge in [0.05, 0.1) is 33.5 Å². The van der Waals surface area contributed by atoms with Crippen LogP contribution in [0.5, 0.6) is 0 Å². The number of nitrogens with zero attached hydrogens (tertiary/aromatic N) is 6. The first-order chi connectivity index (χ1) is 23.0. The lowest BCUT2D eigenvalue weighted by Crippen LogP contribution is -2.44. The van der Waals surface area contributed by atoms with E-state index in [0.717, 1.165) is 16.4 Å². The van der Waals surface area contributed by atoms with Crippen molar-refractivity contribution in [3.63, 3.8) is 0 Å². The van der Waals surface area contributed by atoms with Crippen molar-refractivity contribution in [1.29, 1.82) is 0 Å². The van der Waals surface area contributed by atoms with E-state index in [0.29, 0.717) is 54.8 Å². The number of nitrogens with two attached hydrogens (primary N) is 1. The Balaban J connectivity index is 1.39. The summed E-state index contributed by atoms with van der Waals surface area (Å²) in [6.07, 6.45) is 1.19. The molecule has 0 spiro atoms. The summed E-state index contributed by atoms with van der Waals surface area (Å²) < 4.78 is 57.5. The quantitative estimate of drug-likeness (QED) is 0.212. The average Bonchev–Trinajstić information content (AvgIpc) is 3.69. The fraction of sp³-hybridized carbons (Fsp3) is 0.323. The van der Waals surface area contributed by atoms with Gasteiger partial charge in [-0.1, -0.05) is 0 Å². The topological polar surface area (TPSA) is 200 Å². The maximum Gasteiger partial charge on any atom is 0.354 e. The number of fused-ring (bicyclic) bond motifs is 1. The minimum atomic E-state index is -4.43. The van der Waals surface area contributed by atoms with Gasteiger partial charge >= 0.3 is 5.97 Å². The first kappa shape index (κ1) is 33.7. The lowest BCUT2D eigenvalue weighted by molar-refractivity contribution is 0.0686. The van der Waals surface area contributed by atoms with E-state index in [1.165, 1.54) is 29.9 Å². The van der Waals surface area contributed by atoms with Crippen LogP contribution in [0.3, 0.4) is 0 Å². The number of aromatic carboxylic acids is 1. The van der Waals surface area contributed by atoms with Crippen LogP contribution in [0, 0.1) is 11.6 Å². The monoisotopic (exact) mass is 697 g/mol. The number of hydrogen-bond acceptors (Lipinski definition) is 9. The molecule has 2 aliphatic rings. The molecular weight excluding hydrogens is 664 g/mol. The maximum atomic E-state index is 14.0. The van der Waals surface area contributed by atoms with Gasteiger partial charge in [0.25, 0.3) is 5.91 Å². The molecule has 0 unspecified atom stereocenters. The number of primary amides is 1. The molecule has 4 heterocycles. The second kappa shape index (κ2) is 12.0. The highest BCUT2D eigenvalue weighted by Crippen LogP contribution is 2.44. The number of rotatable bonds is 8. The summed E-state index contributed by atoms with van der Waals surface area (Å²) in [5.41, 5.74) is 5.67. The summed E-state index contributed by atoms with van der Waals surface area (Å²) in [5.74, 6) is -4.84. The van der Waals surface area contributed by atoms with Gasteiger partial charge < -0.3 is 30.5 Å². The lowest BCUT2D eigenvalue weighted by Gasteiger charge is -2.35. The molecule has 4 aromatic rings. The van der Waals surface area contributed by atoms with Crippen LogP contribution in [0.4, 0.5) is 20.3 Å².